The van der Waals surface area contributed by atoms with Crippen molar-refractivity contribution < 1.29 is 14.7 Å². The van der Waals surface area contributed by atoms with Crippen LogP contribution >= 0.6 is 0 Å². The summed E-state index contributed by atoms with van der Waals surface area (Å²) in [6.45, 7) is 5.54. The van der Waals surface area contributed by atoms with Crippen LogP contribution in [0.25, 0.3) is 0 Å². The van der Waals surface area contributed by atoms with E-state index in [0.717, 1.165) is 44.7 Å². The summed E-state index contributed by atoms with van der Waals surface area (Å²) in [7, 11) is 2.13. The summed E-state index contributed by atoms with van der Waals surface area (Å²) >= 11 is 0. The van der Waals surface area contributed by atoms with Crippen molar-refractivity contribution in [1.82, 2.24) is 14.7 Å². The fraction of sp³-hybridized carbons (Fsp3) is 0.556. The van der Waals surface area contributed by atoms with Crippen molar-refractivity contribution in [1.29, 1.82) is 0 Å². The minimum absolute atomic E-state index is 0.167. The summed E-state index contributed by atoms with van der Waals surface area (Å²) < 4.78 is 0. The number of carboxylic acid groups (broad SMARTS) is 1. The van der Waals surface area contributed by atoms with Crippen LogP contribution in [0, 0.1) is 0 Å². The van der Waals surface area contributed by atoms with Crippen molar-refractivity contribution in [2.75, 3.05) is 39.8 Å². The van der Waals surface area contributed by atoms with Crippen molar-refractivity contribution in [3.63, 3.8) is 0 Å². The molecule has 1 atom stereocenters. The van der Waals surface area contributed by atoms with Crippen molar-refractivity contribution in [2.24, 2.45) is 0 Å². The Kier molecular flexibility index (Phi) is 5.16. The monoisotopic (exact) mass is 331 g/mol. The molecule has 0 aromatic heterocycles. The Morgan fingerprint density at radius 3 is 2.62 bits per heavy atom. The van der Waals surface area contributed by atoms with Crippen LogP contribution in [0.3, 0.4) is 0 Å². The summed E-state index contributed by atoms with van der Waals surface area (Å²) in [4.78, 5) is 30.2. The maximum Gasteiger partial charge on any atom is 0.326 e. The molecule has 3 rings (SSSR count). The maximum absolute atomic E-state index is 12.7. The molecule has 6 heteroatoms. The van der Waals surface area contributed by atoms with E-state index >= 15 is 0 Å². The van der Waals surface area contributed by atoms with Gasteiger partial charge in [0.15, 0.2) is 0 Å². The second-order valence-corrected chi connectivity index (χ2v) is 6.77. The number of carbonyl (C=O) groups excluding carboxylic acids is 1. The second-order valence-electron chi connectivity index (χ2n) is 6.77. The number of hydrogen-bond acceptors (Lipinski definition) is 4. The third kappa shape index (κ3) is 3.76. The third-order valence-electron chi connectivity index (χ3n) is 4.97. The van der Waals surface area contributed by atoms with Gasteiger partial charge >= 0.3 is 5.97 Å². The fourth-order valence-electron chi connectivity index (χ4n) is 3.50. The Morgan fingerprint density at radius 2 is 1.92 bits per heavy atom. The van der Waals surface area contributed by atoms with Gasteiger partial charge in [-0.1, -0.05) is 12.1 Å². The van der Waals surface area contributed by atoms with E-state index in [2.05, 4.69) is 16.8 Å². The van der Waals surface area contributed by atoms with E-state index < -0.39 is 12.0 Å². The zero-order valence-corrected chi connectivity index (χ0v) is 14.1. The van der Waals surface area contributed by atoms with Crippen LogP contribution in [-0.4, -0.2) is 77.5 Å². The molecule has 2 aliphatic heterocycles. The van der Waals surface area contributed by atoms with Crippen molar-refractivity contribution in [3.05, 3.63) is 35.4 Å². The lowest BCUT2D eigenvalue weighted by molar-refractivity contribution is -0.141. The largest absolute Gasteiger partial charge is 0.480 e. The highest BCUT2D eigenvalue weighted by Gasteiger charge is 2.34. The Bertz CT molecular complexity index is 611. The van der Waals surface area contributed by atoms with Crippen LogP contribution in [0.2, 0.25) is 0 Å². The predicted molar refractivity (Wildman–Crippen MR) is 90.9 cm³/mol. The topological polar surface area (TPSA) is 64.1 Å². The highest BCUT2D eigenvalue weighted by molar-refractivity contribution is 5.97. The molecule has 6 nitrogen and oxygen atoms in total. The van der Waals surface area contributed by atoms with Crippen LogP contribution in [0.4, 0.5) is 0 Å². The summed E-state index contributed by atoms with van der Waals surface area (Å²) in [5.41, 5.74) is 1.70. The Balaban J connectivity index is 1.68. The smallest absolute Gasteiger partial charge is 0.326 e. The van der Waals surface area contributed by atoms with Gasteiger partial charge in [0.2, 0.25) is 0 Å². The summed E-state index contributed by atoms with van der Waals surface area (Å²) in [5.74, 6) is -1.07. The zero-order chi connectivity index (χ0) is 17.1. The van der Waals surface area contributed by atoms with E-state index in [-0.39, 0.29) is 5.91 Å². The molecule has 0 radical (unpaired) electrons. The first kappa shape index (κ1) is 16.9. The molecule has 2 heterocycles. The number of carbonyl (C=O) groups is 2. The van der Waals surface area contributed by atoms with Gasteiger partial charge in [-0.3, -0.25) is 9.69 Å². The molecule has 2 fully saturated rings. The van der Waals surface area contributed by atoms with E-state index in [9.17, 15) is 14.7 Å². The average molecular weight is 331 g/mol. The molecule has 0 spiro atoms. The summed E-state index contributed by atoms with van der Waals surface area (Å²) in [6.07, 6.45) is 1.30. The van der Waals surface area contributed by atoms with Gasteiger partial charge in [0.25, 0.3) is 5.91 Å². The Hall–Kier alpha value is -1.92. The molecule has 1 aromatic carbocycles. The van der Waals surface area contributed by atoms with Gasteiger partial charge in [-0.15, -0.1) is 0 Å². The number of hydrogen-bond donors (Lipinski definition) is 1. The van der Waals surface area contributed by atoms with Gasteiger partial charge in [0.1, 0.15) is 6.04 Å². The Labute approximate surface area is 142 Å². The molecule has 0 unspecified atom stereocenters. The number of amides is 1. The quantitative estimate of drug-likeness (QED) is 0.896. The summed E-state index contributed by atoms with van der Waals surface area (Å²) in [5, 5.41) is 9.27. The molecule has 130 valence electrons. The molecule has 1 aromatic rings. The Morgan fingerprint density at radius 1 is 1.17 bits per heavy atom. The highest BCUT2D eigenvalue weighted by Crippen LogP contribution is 2.21. The first-order valence-electron chi connectivity index (χ1n) is 8.58. The van der Waals surface area contributed by atoms with Gasteiger partial charge in [-0.05, 0) is 37.6 Å². The first-order valence-corrected chi connectivity index (χ1v) is 8.58. The number of rotatable bonds is 4. The van der Waals surface area contributed by atoms with Crippen molar-refractivity contribution in [2.45, 2.75) is 25.4 Å². The van der Waals surface area contributed by atoms with E-state index in [1.165, 1.54) is 4.90 Å². The molecule has 24 heavy (non-hydrogen) atoms. The van der Waals surface area contributed by atoms with Gasteiger partial charge < -0.3 is 14.9 Å². The average Bonchev–Trinajstić information content (AvgIpc) is 3.06. The number of likely N-dealkylation sites (tertiary alicyclic amines) is 1. The van der Waals surface area contributed by atoms with Crippen LogP contribution in [-0.2, 0) is 11.3 Å². The first-order chi connectivity index (χ1) is 11.5. The van der Waals surface area contributed by atoms with Crippen molar-refractivity contribution >= 4 is 11.9 Å². The number of aliphatic carboxylic acids is 1. The van der Waals surface area contributed by atoms with E-state index in [1.807, 2.05) is 18.2 Å². The number of carboxylic acids is 1. The molecule has 0 bridgehead atoms. The van der Waals surface area contributed by atoms with E-state index in [0.29, 0.717) is 18.5 Å². The fourth-order valence-corrected chi connectivity index (χ4v) is 3.50. The minimum atomic E-state index is -0.908. The van der Waals surface area contributed by atoms with E-state index in [4.69, 9.17) is 0 Å². The molecule has 1 amide bonds. The number of piperazine rings is 1. The van der Waals surface area contributed by atoms with Gasteiger partial charge in [0.05, 0.1) is 0 Å². The van der Waals surface area contributed by atoms with Crippen LogP contribution in [0.1, 0.15) is 28.8 Å². The van der Waals surface area contributed by atoms with Gasteiger partial charge in [-0.25, -0.2) is 4.79 Å². The predicted octanol–water partition coefficient (Wildman–Crippen LogP) is 1.12. The number of likely N-dealkylation sites (N-methyl/N-ethyl adjacent to an activating group) is 1. The van der Waals surface area contributed by atoms with Gasteiger partial charge in [-0.2, -0.15) is 0 Å². The molecule has 0 aliphatic carbocycles. The van der Waals surface area contributed by atoms with E-state index in [1.54, 1.807) is 6.07 Å². The highest BCUT2D eigenvalue weighted by atomic mass is 16.4. The summed E-state index contributed by atoms with van der Waals surface area (Å²) in [6, 6.07) is 6.95. The van der Waals surface area contributed by atoms with Crippen LogP contribution < -0.4 is 0 Å². The van der Waals surface area contributed by atoms with Crippen LogP contribution in [0.5, 0.6) is 0 Å². The standard InChI is InChI=1S/C18H25N3O3/c1-19-8-10-20(11-9-19)13-14-4-2-5-15(12-14)17(22)21-7-3-6-16(21)18(23)24/h2,4-5,12,16H,3,6-11,13H2,1H3,(H,23,24)/t16-/m1/s1. The molecule has 0 saturated carbocycles. The lowest BCUT2D eigenvalue weighted by Gasteiger charge is -2.32. The minimum Gasteiger partial charge on any atom is -0.480 e. The van der Waals surface area contributed by atoms with Crippen LogP contribution in [0.15, 0.2) is 24.3 Å². The normalized spacial score (nSPS) is 22.7. The molecule has 2 saturated heterocycles. The second kappa shape index (κ2) is 7.32. The number of nitrogens with zero attached hydrogens (tertiary/aromatic N) is 3. The molecular weight excluding hydrogens is 306 g/mol. The maximum atomic E-state index is 12.7. The SMILES string of the molecule is CN1CCN(Cc2cccc(C(=O)N3CCC[C@@H]3C(=O)O)c2)CC1. The lowest BCUT2D eigenvalue weighted by Crippen LogP contribution is -2.44. The third-order valence-corrected chi connectivity index (χ3v) is 4.97. The zero-order valence-electron chi connectivity index (χ0n) is 14.1. The molecular formula is C18H25N3O3. The lowest BCUT2D eigenvalue weighted by atomic mass is 10.1. The van der Waals surface area contributed by atoms with Crippen molar-refractivity contribution in [3.8, 4) is 0 Å². The molecule has 1 N–H and O–H groups in total. The number of benzene rings is 1. The van der Waals surface area contributed by atoms with Gasteiger partial charge in [0, 0.05) is 44.8 Å². The molecule has 2 aliphatic rings.